The molecule has 0 amide bonds. The van der Waals surface area contributed by atoms with Crippen LogP contribution in [0.4, 0.5) is 0 Å². The third-order valence-electron chi connectivity index (χ3n) is 3.35. The van der Waals surface area contributed by atoms with Gasteiger partial charge in [0.1, 0.15) is 11.5 Å². The number of unbranched alkanes of at least 4 members (excludes halogenated alkanes) is 1. The average molecular weight is 435 g/mol. The lowest BCUT2D eigenvalue weighted by molar-refractivity contribution is 0.309. The van der Waals surface area contributed by atoms with Gasteiger partial charge in [0.05, 0.1) is 13.7 Å². The van der Waals surface area contributed by atoms with Crippen molar-refractivity contribution in [3.05, 3.63) is 24.3 Å². The number of hydrogen-bond donors (Lipinski definition) is 1. The Bertz CT molecular complexity index is 438. The monoisotopic (exact) mass is 435 g/mol. The van der Waals surface area contributed by atoms with Crippen LogP contribution in [0.2, 0.25) is 0 Å². The molecule has 0 aliphatic rings. The van der Waals surface area contributed by atoms with Gasteiger partial charge in [-0.05, 0) is 37.1 Å². The van der Waals surface area contributed by atoms with Gasteiger partial charge in [0, 0.05) is 27.2 Å². The summed E-state index contributed by atoms with van der Waals surface area (Å²) in [7, 11) is 5.55. The lowest BCUT2D eigenvalue weighted by Gasteiger charge is -2.21. The molecule has 0 spiro atoms. The summed E-state index contributed by atoms with van der Waals surface area (Å²) in [5.74, 6) is 2.65. The quantitative estimate of drug-likeness (QED) is 0.280. The van der Waals surface area contributed by atoms with Gasteiger partial charge in [-0.3, -0.25) is 4.99 Å². The Morgan fingerprint density at radius 2 is 1.83 bits per heavy atom. The van der Waals surface area contributed by atoms with Crippen molar-refractivity contribution in [2.75, 3.05) is 40.9 Å². The smallest absolute Gasteiger partial charge is 0.193 e. The summed E-state index contributed by atoms with van der Waals surface area (Å²) in [5.41, 5.74) is 0. The summed E-state index contributed by atoms with van der Waals surface area (Å²) in [5, 5.41) is 3.36. The van der Waals surface area contributed by atoms with Crippen molar-refractivity contribution in [1.29, 1.82) is 0 Å². The van der Waals surface area contributed by atoms with Gasteiger partial charge in [-0.15, -0.1) is 24.0 Å². The maximum atomic E-state index is 5.70. The third-order valence-corrected chi connectivity index (χ3v) is 3.35. The number of rotatable bonds is 9. The van der Waals surface area contributed by atoms with Gasteiger partial charge in [-0.25, -0.2) is 0 Å². The first kappa shape index (κ1) is 21.8. The summed E-state index contributed by atoms with van der Waals surface area (Å²) in [6.07, 6.45) is 3.29. The largest absolute Gasteiger partial charge is 0.497 e. The molecule has 1 aromatic carbocycles. The molecule has 23 heavy (non-hydrogen) atoms. The van der Waals surface area contributed by atoms with Crippen LogP contribution in [0.5, 0.6) is 11.5 Å². The lowest BCUT2D eigenvalue weighted by Crippen LogP contribution is -2.40. The van der Waals surface area contributed by atoms with E-state index >= 15 is 0 Å². The Balaban J connectivity index is 0.00000484. The predicted molar refractivity (Wildman–Crippen MR) is 107 cm³/mol. The zero-order valence-corrected chi connectivity index (χ0v) is 17.0. The minimum Gasteiger partial charge on any atom is -0.497 e. The average Bonchev–Trinajstić information content (AvgIpc) is 2.56. The Morgan fingerprint density at radius 1 is 1.17 bits per heavy atom. The van der Waals surface area contributed by atoms with E-state index in [1.54, 1.807) is 7.11 Å². The lowest BCUT2D eigenvalue weighted by atomic mass is 10.3. The molecule has 1 aromatic rings. The van der Waals surface area contributed by atoms with Crippen molar-refractivity contribution in [2.45, 2.75) is 26.2 Å². The van der Waals surface area contributed by atoms with Crippen LogP contribution in [0.25, 0.3) is 0 Å². The molecule has 0 heterocycles. The zero-order chi connectivity index (χ0) is 16.2. The second-order valence-corrected chi connectivity index (χ2v) is 5.13. The van der Waals surface area contributed by atoms with Crippen LogP contribution >= 0.6 is 24.0 Å². The van der Waals surface area contributed by atoms with E-state index in [-0.39, 0.29) is 24.0 Å². The standard InChI is InChI=1S/C17H29N3O2.HI/c1-5-6-13-20(3)17(18-2)19-12-7-14-22-16-10-8-15(21-4)9-11-16;/h8-11H,5-7,12-14H2,1-4H3,(H,18,19);1H. The summed E-state index contributed by atoms with van der Waals surface area (Å²) in [6.45, 7) is 4.74. The van der Waals surface area contributed by atoms with E-state index in [1.807, 2.05) is 31.3 Å². The highest BCUT2D eigenvalue weighted by atomic mass is 127. The van der Waals surface area contributed by atoms with Gasteiger partial charge in [-0.2, -0.15) is 0 Å². The SMILES string of the molecule is CCCCN(C)C(=NC)NCCCOc1ccc(OC)cc1.I. The van der Waals surface area contributed by atoms with Gasteiger partial charge in [0.15, 0.2) is 5.96 Å². The maximum Gasteiger partial charge on any atom is 0.193 e. The number of nitrogens with zero attached hydrogens (tertiary/aromatic N) is 2. The number of methoxy groups -OCH3 is 1. The summed E-state index contributed by atoms with van der Waals surface area (Å²) in [6, 6.07) is 7.64. The molecule has 0 bridgehead atoms. The Hall–Kier alpha value is -1.18. The Morgan fingerprint density at radius 3 is 2.39 bits per heavy atom. The molecule has 1 rings (SSSR count). The molecule has 0 aromatic heterocycles. The van der Waals surface area contributed by atoms with Crippen LogP contribution < -0.4 is 14.8 Å². The fourth-order valence-electron chi connectivity index (χ4n) is 2.02. The topological polar surface area (TPSA) is 46.1 Å². The molecular formula is C17H30IN3O2. The van der Waals surface area contributed by atoms with E-state index in [2.05, 4.69) is 29.2 Å². The number of benzene rings is 1. The minimum absolute atomic E-state index is 0. The van der Waals surface area contributed by atoms with Gasteiger partial charge in [0.25, 0.3) is 0 Å². The van der Waals surface area contributed by atoms with Crippen molar-refractivity contribution in [1.82, 2.24) is 10.2 Å². The molecule has 132 valence electrons. The van der Waals surface area contributed by atoms with Crippen molar-refractivity contribution < 1.29 is 9.47 Å². The van der Waals surface area contributed by atoms with Gasteiger partial charge in [-0.1, -0.05) is 13.3 Å². The molecule has 1 N–H and O–H groups in total. The van der Waals surface area contributed by atoms with E-state index in [9.17, 15) is 0 Å². The third kappa shape index (κ3) is 8.88. The Labute approximate surface area is 157 Å². The first-order valence-electron chi connectivity index (χ1n) is 7.90. The normalized spacial score (nSPS) is 10.7. The number of guanidine groups is 1. The van der Waals surface area contributed by atoms with Crippen LogP contribution in [-0.4, -0.2) is 51.8 Å². The number of aliphatic imine (C=N–C) groups is 1. The first-order valence-corrected chi connectivity index (χ1v) is 7.90. The fraction of sp³-hybridized carbons (Fsp3) is 0.588. The summed E-state index contributed by atoms with van der Waals surface area (Å²) in [4.78, 5) is 6.45. The number of ether oxygens (including phenoxy) is 2. The Kier molecular flexibility index (Phi) is 12.6. The van der Waals surface area contributed by atoms with E-state index in [4.69, 9.17) is 9.47 Å². The molecule has 0 atom stereocenters. The maximum absolute atomic E-state index is 5.70. The minimum atomic E-state index is 0. The molecule has 0 saturated heterocycles. The van der Waals surface area contributed by atoms with E-state index in [0.717, 1.165) is 37.0 Å². The van der Waals surface area contributed by atoms with Crippen molar-refractivity contribution >= 4 is 29.9 Å². The summed E-state index contributed by atoms with van der Waals surface area (Å²) < 4.78 is 10.8. The van der Waals surface area contributed by atoms with Gasteiger partial charge >= 0.3 is 0 Å². The molecule has 0 aliphatic carbocycles. The van der Waals surface area contributed by atoms with Gasteiger partial charge < -0.3 is 19.7 Å². The molecule has 0 fully saturated rings. The second kappa shape index (κ2) is 13.3. The van der Waals surface area contributed by atoms with Gasteiger partial charge in [0.2, 0.25) is 0 Å². The van der Waals surface area contributed by atoms with Crippen LogP contribution in [0, 0.1) is 0 Å². The number of halogens is 1. The van der Waals surface area contributed by atoms with Crippen LogP contribution in [0.3, 0.4) is 0 Å². The number of hydrogen-bond acceptors (Lipinski definition) is 3. The molecule has 0 aliphatic heterocycles. The first-order chi connectivity index (χ1) is 10.7. The molecular weight excluding hydrogens is 405 g/mol. The summed E-state index contributed by atoms with van der Waals surface area (Å²) >= 11 is 0. The second-order valence-electron chi connectivity index (χ2n) is 5.13. The molecule has 5 nitrogen and oxygen atoms in total. The fourth-order valence-corrected chi connectivity index (χ4v) is 2.02. The van der Waals surface area contributed by atoms with Crippen LogP contribution in [0.15, 0.2) is 29.3 Å². The van der Waals surface area contributed by atoms with E-state index < -0.39 is 0 Å². The van der Waals surface area contributed by atoms with Crippen LogP contribution in [-0.2, 0) is 0 Å². The highest BCUT2D eigenvalue weighted by molar-refractivity contribution is 14.0. The van der Waals surface area contributed by atoms with E-state index in [1.165, 1.54) is 12.8 Å². The highest BCUT2D eigenvalue weighted by Crippen LogP contribution is 2.16. The predicted octanol–water partition coefficient (Wildman–Crippen LogP) is 3.39. The van der Waals surface area contributed by atoms with Crippen molar-refractivity contribution in [3.8, 4) is 11.5 Å². The molecule has 0 unspecified atom stereocenters. The van der Waals surface area contributed by atoms with E-state index in [0.29, 0.717) is 6.61 Å². The van der Waals surface area contributed by atoms with Crippen LogP contribution in [0.1, 0.15) is 26.2 Å². The molecule has 0 saturated carbocycles. The number of nitrogens with one attached hydrogen (secondary N) is 1. The molecule has 0 radical (unpaired) electrons. The zero-order valence-electron chi connectivity index (χ0n) is 14.7. The molecule has 6 heteroatoms. The highest BCUT2D eigenvalue weighted by Gasteiger charge is 2.04. The van der Waals surface area contributed by atoms with Crippen molar-refractivity contribution in [2.24, 2.45) is 4.99 Å². The van der Waals surface area contributed by atoms with Crippen molar-refractivity contribution in [3.63, 3.8) is 0 Å².